The van der Waals surface area contributed by atoms with Gasteiger partial charge in [-0.2, -0.15) is 5.10 Å². The van der Waals surface area contributed by atoms with Crippen LogP contribution < -0.4 is 0 Å². The van der Waals surface area contributed by atoms with Crippen LogP contribution in [0, 0.1) is 22.5 Å². The Hall–Kier alpha value is -3.16. The highest BCUT2D eigenvalue weighted by Gasteiger charge is 2.72. The first-order chi connectivity index (χ1) is 14.5. The maximum Gasteiger partial charge on any atom is 0.249 e. The zero-order valence-electron chi connectivity index (χ0n) is 16.1. The van der Waals surface area contributed by atoms with Crippen LogP contribution in [0.1, 0.15) is 37.3 Å². The van der Waals surface area contributed by atoms with Gasteiger partial charge in [0.05, 0.1) is 11.5 Å². The summed E-state index contributed by atoms with van der Waals surface area (Å²) in [5.41, 5.74) is 1.06. The van der Waals surface area contributed by atoms with E-state index in [1.807, 2.05) is 12.3 Å². The average Bonchev–Trinajstić information content (AvgIpc) is 3.29. The van der Waals surface area contributed by atoms with E-state index in [1.54, 1.807) is 18.7 Å². The van der Waals surface area contributed by atoms with E-state index in [4.69, 9.17) is 0 Å². The zero-order chi connectivity index (χ0) is 20.5. The molecule has 3 fully saturated rings. The molecule has 3 saturated carbocycles. The van der Waals surface area contributed by atoms with Crippen molar-refractivity contribution < 1.29 is 13.6 Å². The van der Waals surface area contributed by atoms with Crippen LogP contribution in [0.3, 0.4) is 0 Å². The maximum atomic E-state index is 13.7. The van der Waals surface area contributed by atoms with E-state index >= 15 is 0 Å². The van der Waals surface area contributed by atoms with Gasteiger partial charge < -0.3 is 4.57 Å². The Morgan fingerprint density at radius 1 is 1.17 bits per heavy atom. The highest BCUT2D eigenvalue weighted by Crippen LogP contribution is 2.74. The van der Waals surface area contributed by atoms with Gasteiger partial charge in [0.15, 0.2) is 0 Å². The number of nitrogens with zero attached hydrogens (tertiary/aromatic N) is 5. The summed E-state index contributed by atoms with van der Waals surface area (Å²) in [5, 5.41) is 6.70. The van der Waals surface area contributed by atoms with Crippen molar-refractivity contribution in [3.8, 4) is 0 Å². The molecule has 0 radical (unpaired) electrons. The number of carbonyl (C=O) groups is 1. The summed E-state index contributed by atoms with van der Waals surface area (Å²) in [6.07, 6.45) is 9.90. The molecule has 3 aliphatic carbocycles. The number of aromatic nitrogens is 3. The molecule has 3 aromatic rings. The SMILES string of the molecule is O=C(N1N=CCC1c1cc(F)cc(F)c1)C12CC(Cn3ccc4cncnc43)(C1)C2. The highest BCUT2D eigenvalue weighted by molar-refractivity contribution is 5.88. The van der Waals surface area contributed by atoms with Gasteiger partial charge in [0.25, 0.3) is 0 Å². The van der Waals surface area contributed by atoms with Gasteiger partial charge >= 0.3 is 0 Å². The normalized spacial score (nSPS) is 29.1. The maximum absolute atomic E-state index is 13.7. The zero-order valence-corrected chi connectivity index (χ0v) is 16.1. The van der Waals surface area contributed by atoms with Crippen LogP contribution in [-0.4, -0.2) is 31.7 Å². The van der Waals surface area contributed by atoms with Gasteiger partial charge in [0.1, 0.15) is 23.6 Å². The number of rotatable bonds is 4. The molecular formula is C22H19F2N5O. The number of hydrogen-bond donors (Lipinski definition) is 0. The molecule has 2 aromatic heterocycles. The summed E-state index contributed by atoms with van der Waals surface area (Å²) in [5.74, 6) is -1.32. The third-order valence-corrected chi connectivity index (χ3v) is 6.83. The summed E-state index contributed by atoms with van der Waals surface area (Å²) in [4.78, 5) is 21.7. The number of carbonyl (C=O) groups excluding carboxylic acids is 1. The third-order valence-electron chi connectivity index (χ3n) is 6.83. The van der Waals surface area contributed by atoms with Crippen molar-refractivity contribution in [3.05, 3.63) is 60.2 Å². The molecule has 6 nitrogen and oxygen atoms in total. The number of fused-ring (bicyclic) bond motifs is 1. The topological polar surface area (TPSA) is 63.4 Å². The molecule has 4 aliphatic rings. The Balaban J connectivity index is 1.18. The molecule has 152 valence electrons. The lowest BCUT2D eigenvalue weighted by Gasteiger charge is -2.70. The smallest absolute Gasteiger partial charge is 0.249 e. The molecule has 1 amide bonds. The van der Waals surface area contributed by atoms with Gasteiger partial charge in [0, 0.05) is 43.0 Å². The fraction of sp³-hybridized carbons (Fsp3) is 0.364. The summed E-state index contributed by atoms with van der Waals surface area (Å²) >= 11 is 0. The van der Waals surface area contributed by atoms with Crippen LogP contribution in [0.25, 0.3) is 11.0 Å². The van der Waals surface area contributed by atoms with E-state index in [0.29, 0.717) is 12.0 Å². The minimum absolute atomic E-state index is 0.0347. The van der Waals surface area contributed by atoms with Crippen molar-refractivity contribution in [3.63, 3.8) is 0 Å². The van der Waals surface area contributed by atoms with Gasteiger partial charge in [-0.25, -0.2) is 23.8 Å². The second kappa shape index (κ2) is 5.93. The largest absolute Gasteiger partial charge is 0.332 e. The van der Waals surface area contributed by atoms with Crippen LogP contribution in [0.4, 0.5) is 8.78 Å². The number of benzene rings is 1. The molecule has 0 N–H and O–H groups in total. The molecule has 3 heterocycles. The summed E-state index contributed by atoms with van der Waals surface area (Å²) in [6.45, 7) is 0.824. The van der Waals surface area contributed by atoms with Gasteiger partial charge in [0.2, 0.25) is 5.91 Å². The number of hydrazone groups is 1. The quantitative estimate of drug-likeness (QED) is 0.660. The number of halogens is 2. The van der Waals surface area contributed by atoms with Crippen LogP contribution in [0.5, 0.6) is 0 Å². The van der Waals surface area contributed by atoms with Crippen LogP contribution in [0.2, 0.25) is 0 Å². The standard InChI is InChI=1S/C22H19F2N5O/c23-16-5-15(6-17(24)7-16)18-1-3-27-29(18)20(30)22-9-21(10-22,11-22)12-28-4-2-14-8-25-13-26-19(14)28/h2-8,13,18H,1,9-12H2. The number of hydrogen-bond acceptors (Lipinski definition) is 4. The first-order valence-corrected chi connectivity index (χ1v) is 10.0. The molecule has 1 aromatic carbocycles. The van der Waals surface area contributed by atoms with E-state index in [9.17, 15) is 13.6 Å². The van der Waals surface area contributed by atoms with Gasteiger partial charge in [-0.1, -0.05) is 0 Å². The van der Waals surface area contributed by atoms with Crippen LogP contribution in [0.15, 0.2) is 48.1 Å². The van der Waals surface area contributed by atoms with E-state index in [-0.39, 0.29) is 11.3 Å². The fourth-order valence-electron chi connectivity index (χ4n) is 5.71. The van der Waals surface area contributed by atoms with Crippen molar-refractivity contribution >= 4 is 23.2 Å². The minimum Gasteiger partial charge on any atom is -0.332 e. The summed E-state index contributed by atoms with van der Waals surface area (Å²) in [6, 6.07) is 4.96. The molecule has 0 spiro atoms. The van der Waals surface area contributed by atoms with E-state index in [0.717, 1.165) is 42.9 Å². The van der Waals surface area contributed by atoms with Crippen LogP contribution in [-0.2, 0) is 11.3 Å². The van der Waals surface area contributed by atoms with E-state index in [1.165, 1.54) is 17.1 Å². The predicted octanol–water partition coefficient (Wildman–Crippen LogP) is 3.84. The lowest BCUT2D eigenvalue weighted by atomic mass is 9.34. The van der Waals surface area contributed by atoms with Crippen molar-refractivity contribution in [2.24, 2.45) is 15.9 Å². The molecule has 0 saturated heterocycles. The molecule has 2 bridgehead atoms. The van der Waals surface area contributed by atoms with Crippen molar-refractivity contribution in [2.45, 2.75) is 38.3 Å². The molecule has 30 heavy (non-hydrogen) atoms. The predicted molar refractivity (Wildman–Crippen MR) is 105 cm³/mol. The highest BCUT2D eigenvalue weighted by atomic mass is 19.1. The Labute approximate surface area is 171 Å². The molecule has 8 heteroatoms. The first kappa shape index (κ1) is 17.7. The fourth-order valence-corrected chi connectivity index (χ4v) is 5.71. The van der Waals surface area contributed by atoms with Gasteiger partial charge in [-0.3, -0.25) is 4.79 Å². The van der Waals surface area contributed by atoms with Crippen molar-refractivity contribution in [2.75, 3.05) is 0 Å². The monoisotopic (exact) mass is 407 g/mol. The molecule has 1 atom stereocenters. The summed E-state index contributed by atoms with van der Waals surface area (Å²) < 4.78 is 29.5. The van der Waals surface area contributed by atoms with E-state index in [2.05, 4.69) is 19.6 Å². The molecular weight excluding hydrogens is 388 g/mol. The molecule has 1 unspecified atom stereocenters. The summed E-state index contributed by atoms with van der Waals surface area (Å²) in [7, 11) is 0. The first-order valence-electron chi connectivity index (χ1n) is 10.0. The Morgan fingerprint density at radius 3 is 2.70 bits per heavy atom. The van der Waals surface area contributed by atoms with Crippen LogP contribution >= 0.6 is 0 Å². The van der Waals surface area contributed by atoms with Crippen molar-refractivity contribution in [1.29, 1.82) is 0 Å². The van der Waals surface area contributed by atoms with Crippen molar-refractivity contribution in [1.82, 2.24) is 19.5 Å². The second-order valence-electron chi connectivity index (χ2n) is 8.96. The molecule has 7 rings (SSSR count). The number of amides is 1. The Morgan fingerprint density at radius 2 is 1.93 bits per heavy atom. The van der Waals surface area contributed by atoms with E-state index < -0.39 is 23.1 Å². The van der Waals surface area contributed by atoms with Gasteiger partial charge in [-0.05, 0) is 48.4 Å². The lowest BCUT2D eigenvalue weighted by molar-refractivity contribution is -0.222. The minimum atomic E-state index is -0.642. The second-order valence-corrected chi connectivity index (χ2v) is 8.96. The third kappa shape index (κ3) is 2.45. The Kier molecular flexibility index (Phi) is 3.50. The Bertz CT molecular complexity index is 1180. The van der Waals surface area contributed by atoms with Gasteiger partial charge in [-0.15, -0.1) is 0 Å². The lowest BCUT2D eigenvalue weighted by Crippen LogP contribution is -2.68. The molecule has 1 aliphatic heterocycles. The average molecular weight is 407 g/mol.